The topological polar surface area (TPSA) is 92.5 Å². The summed E-state index contributed by atoms with van der Waals surface area (Å²) in [4.78, 5) is 21.6. The van der Waals surface area contributed by atoms with Crippen LogP contribution in [0.5, 0.6) is 0 Å². The Balaban J connectivity index is 2.09. The number of hydrogen-bond donors (Lipinski definition) is 2. The number of hydrogen-bond acceptors (Lipinski definition) is 5. The molecule has 0 aliphatic carbocycles. The molecule has 0 unspecified atom stereocenters. The highest BCUT2D eigenvalue weighted by Gasteiger charge is 2.12. The van der Waals surface area contributed by atoms with E-state index in [1.165, 1.54) is 18.2 Å². The van der Waals surface area contributed by atoms with Crippen LogP contribution < -0.4 is 4.72 Å². The third-order valence-electron chi connectivity index (χ3n) is 2.47. The zero-order valence-corrected chi connectivity index (χ0v) is 11.0. The van der Waals surface area contributed by atoms with E-state index in [0.29, 0.717) is 10.6 Å². The number of benzene rings is 2. The number of nitrogens with zero attached hydrogens (tertiary/aromatic N) is 1. The molecule has 20 heavy (non-hydrogen) atoms. The van der Waals surface area contributed by atoms with Crippen LogP contribution in [0.4, 0.5) is 11.4 Å². The van der Waals surface area contributed by atoms with Crippen LogP contribution in [0.15, 0.2) is 53.4 Å². The predicted octanol–water partition coefficient (Wildman–Crippen LogP) is 3.41. The summed E-state index contributed by atoms with van der Waals surface area (Å²) in [6, 6.07) is 12.5. The van der Waals surface area contributed by atoms with Gasteiger partial charge in [0.25, 0.3) is 5.69 Å². The number of nitro benzene ring substituents is 1. The summed E-state index contributed by atoms with van der Waals surface area (Å²) in [5, 5.41) is 19.6. The summed E-state index contributed by atoms with van der Waals surface area (Å²) < 4.78 is 2.94. The third kappa shape index (κ3) is 3.27. The van der Waals surface area contributed by atoms with Gasteiger partial charge in [-0.1, -0.05) is 12.1 Å². The average molecular weight is 290 g/mol. The minimum Gasteiger partial charge on any atom is -0.478 e. The molecule has 102 valence electrons. The van der Waals surface area contributed by atoms with Crippen LogP contribution in [0.2, 0.25) is 0 Å². The third-order valence-corrected chi connectivity index (χ3v) is 3.38. The van der Waals surface area contributed by atoms with Crippen molar-refractivity contribution in [3.8, 4) is 0 Å². The van der Waals surface area contributed by atoms with Crippen molar-refractivity contribution >= 4 is 29.3 Å². The first kappa shape index (κ1) is 13.9. The second-order valence-electron chi connectivity index (χ2n) is 3.81. The van der Waals surface area contributed by atoms with Crippen molar-refractivity contribution in [2.24, 2.45) is 0 Å². The number of carbonyl (C=O) groups is 1. The normalized spacial score (nSPS) is 10.0. The van der Waals surface area contributed by atoms with E-state index < -0.39 is 10.9 Å². The van der Waals surface area contributed by atoms with Gasteiger partial charge in [-0.05, 0) is 42.3 Å². The Morgan fingerprint density at radius 1 is 1.15 bits per heavy atom. The van der Waals surface area contributed by atoms with E-state index in [4.69, 9.17) is 5.11 Å². The van der Waals surface area contributed by atoms with Crippen LogP contribution in [-0.2, 0) is 0 Å². The number of para-hydroxylation sites is 1. The first-order valence-electron chi connectivity index (χ1n) is 5.57. The molecule has 0 saturated heterocycles. The maximum absolute atomic E-state index is 10.9. The molecule has 0 amide bonds. The van der Waals surface area contributed by atoms with Gasteiger partial charge in [0.1, 0.15) is 4.90 Å². The summed E-state index contributed by atoms with van der Waals surface area (Å²) in [5.41, 5.74) is 0.872. The number of nitro groups is 1. The van der Waals surface area contributed by atoms with Crippen molar-refractivity contribution in [1.29, 1.82) is 0 Å². The fraction of sp³-hybridized carbons (Fsp3) is 0. The zero-order valence-electron chi connectivity index (χ0n) is 10.1. The highest BCUT2D eigenvalue weighted by molar-refractivity contribution is 8.00. The van der Waals surface area contributed by atoms with E-state index in [2.05, 4.69) is 4.72 Å². The van der Waals surface area contributed by atoms with Crippen LogP contribution in [0.3, 0.4) is 0 Å². The van der Waals surface area contributed by atoms with Gasteiger partial charge in [0, 0.05) is 11.8 Å². The van der Waals surface area contributed by atoms with Gasteiger partial charge in [0.15, 0.2) is 0 Å². The summed E-state index contributed by atoms with van der Waals surface area (Å²) in [7, 11) is 0. The maximum atomic E-state index is 10.9. The second kappa shape index (κ2) is 6.07. The van der Waals surface area contributed by atoms with Crippen LogP contribution >= 0.6 is 11.9 Å². The fourth-order valence-corrected chi connectivity index (χ4v) is 2.25. The monoisotopic (exact) mass is 290 g/mol. The SMILES string of the molecule is O=C(O)c1ccc(NSc2ccccc2[N+](=O)[O-])cc1. The van der Waals surface area contributed by atoms with Crippen molar-refractivity contribution in [1.82, 2.24) is 0 Å². The molecule has 2 N–H and O–H groups in total. The number of rotatable bonds is 5. The van der Waals surface area contributed by atoms with Crippen molar-refractivity contribution < 1.29 is 14.8 Å². The van der Waals surface area contributed by atoms with Crippen molar-refractivity contribution in [2.45, 2.75) is 4.90 Å². The van der Waals surface area contributed by atoms with Crippen LogP contribution in [-0.4, -0.2) is 16.0 Å². The first-order chi connectivity index (χ1) is 9.58. The summed E-state index contributed by atoms with van der Waals surface area (Å²) in [6.07, 6.45) is 0. The molecule has 0 fully saturated rings. The lowest BCUT2D eigenvalue weighted by atomic mass is 10.2. The van der Waals surface area contributed by atoms with Gasteiger partial charge >= 0.3 is 5.97 Å². The molecule has 0 heterocycles. The lowest BCUT2D eigenvalue weighted by Crippen LogP contribution is -1.96. The molecule has 0 aliphatic rings. The molecule has 0 aliphatic heterocycles. The largest absolute Gasteiger partial charge is 0.478 e. The van der Waals surface area contributed by atoms with Crippen LogP contribution in [0.1, 0.15) is 10.4 Å². The Kier molecular flexibility index (Phi) is 4.21. The molecule has 0 aromatic heterocycles. The van der Waals surface area contributed by atoms with Gasteiger partial charge < -0.3 is 9.83 Å². The van der Waals surface area contributed by atoms with Crippen LogP contribution in [0, 0.1) is 10.1 Å². The highest BCUT2D eigenvalue weighted by atomic mass is 32.2. The van der Waals surface area contributed by atoms with E-state index in [0.717, 1.165) is 11.9 Å². The second-order valence-corrected chi connectivity index (χ2v) is 4.66. The van der Waals surface area contributed by atoms with Crippen LogP contribution in [0.25, 0.3) is 0 Å². The molecule has 0 spiro atoms. The molecule has 7 heteroatoms. The van der Waals surface area contributed by atoms with Gasteiger partial charge in [-0.3, -0.25) is 10.1 Å². The number of nitrogens with one attached hydrogen (secondary N) is 1. The van der Waals surface area contributed by atoms with Gasteiger partial charge in [-0.15, -0.1) is 0 Å². The lowest BCUT2D eigenvalue weighted by molar-refractivity contribution is -0.387. The smallest absolute Gasteiger partial charge is 0.335 e. The molecular weight excluding hydrogens is 280 g/mol. The van der Waals surface area contributed by atoms with Gasteiger partial charge in [0.2, 0.25) is 0 Å². The number of carboxylic acids is 1. The Labute approximate surface area is 118 Å². The van der Waals surface area contributed by atoms with E-state index in [9.17, 15) is 14.9 Å². The van der Waals surface area contributed by atoms with Gasteiger partial charge in [0.05, 0.1) is 10.5 Å². The fourth-order valence-electron chi connectivity index (χ4n) is 1.49. The molecular formula is C13H10N2O4S. The Morgan fingerprint density at radius 3 is 2.40 bits per heavy atom. The van der Waals surface area contributed by atoms with Gasteiger partial charge in [-0.25, -0.2) is 4.79 Å². The standard InChI is InChI=1S/C13H10N2O4S/c16-13(17)9-5-7-10(8-6-9)14-20-12-4-2-1-3-11(12)15(18)19/h1-8,14H,(H,16,17). The van der Waals surface area contributed by atoms with E-state index >= 15 is 0 Å². The van der Waals surface area contributed by atoms with E-state index in [1.807, 2.05) is 0 Å². The average Bonchev–Trinajstić information content (AvgIpc) is 2.45. The van der Waals surface area contributed by atoms with Gasteiger partial charge in [-0.2, -0.15) is 0 Å². The van der Waals surface area contributed by atoms with Crippen molar-refractivity contribution in [3.63, 3.8) is 0 Å². The van der Waals surface area contributed by atoms with Crippen molar-refractivity contribution in [2.75, 3.05) is 4.72 Å². The quantitative estimate of drug-likeness (QED) is 0.498. The predicted molar refractivity (Wildman–Crippen MR) is 76.0 cm³/mol. The van der Waals surface area contributed by atoms with E-state index in [-0.39, 0.29) is 11.3 Å². The molecule has 2 aromatic rings. The number of aromatic carboxylic acids is 1. The molecule has 2 aromatic carbocycles. The Bertz CT molecular complexity index is 643. The molecule has 6 nitrogen and oxygen atoms in total. The Hall–Kier alpha value is -2.54. The molecule has 2 rings (SSSR count). The summed E-state index contributed by atoms with van der Waals surface area (Å²) in [6.45, 7) is 0. The summed E-state index contributed by atoms with van der Waals surface area (Å²) >= 11 is 1.10. The molecule has 0 radical (unpaired) electrons. The molecule has 0 bridgehead atoms. The maximum Gasteiger partial charge on any atom is 0.335 e. The number of carboxylic acid groups (broad SMARTS) is 1. The minimum atomic E-state index is -0.997. The lowest BCUT2D eigenvalue weighted by Gasteiger charge is -2.06. The first-order valence-corrected chi connectivity index (χ1v) is 6.39. The zero-order chi connectivity index (χ0) is 14.5. The minimum absolute atomic E-state index is 0.0205. The number of anilines is 1. The van der Waals surface area contributed by atoms with Crippen molar-refractivity contribution in [3.05, 3.63) is 64.2 Å². The molecule has 0 atom stereocenters. The molecule has 0 saturated carbocycles. The Morgan fingerprint density at radius 2 is 1.80 bits per heavy atom. The van der Waals surface area contributed by atoms with E-state index in [1.54, 1.807) is 30.3 Å². The summed E-state index contributed by atoms with van der Waals surface area (Å²) in [5.74, 6) is -0.997. The highest BCUT2D eigenvalue weighted by Crippen LogP contribution is 2.29.